The highest BCUT2D eigenvalue weighted by Crippen LogP contribution is 2.19. The number of ether oxygens (including phenoxy) is 2. The summed E-state index contributed by atoms with van der Waals surface area (Å²) in [7, 11) is 0. The van der Waals surface area contributed by atoms with Crippen molar-refractivity contribution in [3.05, 3.63) is 33.4 Å². The largest absolute Gasteiger partial charge is 0.349 e. The first-order valence-electron chi connectivity index (χ1n) is 4.76. The van der Waals surface area contributed by atoms with Crippen molar-refractivity contribution in [3.8, 4) is 0 Å². The molecule has 14 heavy (non-hydrogen) atoms. The van der Waals surface area contributed by atoms with Gasteiger partial charge in [0.25, 0.3) is 0 Å². The molecule has 0 saturated carbocycles. The van der Waals surface area contributed by atoms with Gasteiger partial charge in [0.2, 0.25) is 0 Å². The van der Waals surface area contributed by atoms with E-state index in [-0.39, 0.29) is 6.29 Å². The van der Waals surface area contributed by atoms with E-state index in [9.17, 15) is 0 Å². The van der Waals surface area contributed by atoms with Gasteiger partial charge in [-0.15, -0.1) is 0 Å². The average molecular weight is 306 g/mol. The Morgan fingerprint density at radius 1 is 1.07 bits per heavy atom. The van der Waals surface area contributed by atoms with Gasteiger partial charge in [-0.3, -0.25) is 0 Å². The third kappa shape index (κ3) is 3.55. The zero-order valence-corrected chi connectivity index (χ0v) is 10.7. The van der Waals surface area contributed by atoms with Crippen molar-refractivity contribution in [1.82, 2.24) is 0 Å². The monoisotopic (exact) mass is 306 g/mol. The Morgan fingerprint density at radius 3 is 2.00 bits per heavy atom. The summed E-state index contributed by atoms with van der Waals surface area (Å²) in [6.45, 7) is 5.27. The van der Waals surface area contributed by atoms with Gasteiger partial charge in [-0.25, -0.2) is 0 Å². The maximum atomic E-state index is 5.48. The Kier molecular flexibility index (Phi) is 5.44. The van der Waals surface area contributed by atoms with Crippen LogP contribution >= 0.6 is 22.6 Å². The van der Waals surface area contributed by atoms with Gasteiger partial charge in [-0.1, -0.05) is 12.1 Å². The molecule has 0 bridgehead atoms. The van der Waals surface area contributed by atoms with Crippen LogP contribution in [0.5, 0.6) is 0 Å². The summed E-state index contributed by atoms with van der Waals surface area (Å²) < 4.78 is 12.2. The van der Waals surface area contributed by atoms with Gasteiger partial charge in [-0.2, -0.15) is 0 Å². The van der Waals surface area contributed by atoms with Crippen LogP contribution in [0.25, 0.3) is 0 Å². The summed E-state index contributed by atoms with van der Waals surface area (Å²) in [4.78, 5) is 0. The average Bonchev–Trinajstić information content (AvgIpc) is 2.19. The molecule has 0 N–H and O–H groups in total. The van der Waals surface area contributed by atoms with Crippen molar-refractivity contribution >= 4 is 22.6 Å². The van der Waals surface area contributed by atoms with Crippen LogP contribution in [-0.2, 0) is 9.47 Å². The van der Waals surface area contributed by atoms with Crippen LogP contribution in [0.4, 0.5) is 0 Å². The maximum Gasteiger partial charge on any atom is 0.183 e. The fraction of sp³-hybridized carbons (Fsp3) is 0.455. The minimum Gasteiger partial charge on any atom is -0.349 e. The van der Waals surface area contributed by atoms with E-state index in [4.69, 9.17) is 9.47 Å². The molecule has 78 valence electrons. The summed E-state index contributed by atoms with van der Waals surface area (Å²) in [5.74, 6) is 0. The topological polar surface area (TPSA) is 18.5 Å². The molecule has 0 atom stereocenters. The highest BCUT2D eigenvalue weighted by Gasteiger charge is 2.09. The number of benzene rings is 1. The fourth-order valence-electron chi connectivity index (χ4n) is 1.16. The van der Waals surface area contributed by atoms with E-state index in [0.29, 0.717) is 13.2 Å². The molecule has 1 rings (SSSR count). The first-order chi connectivity index (χ1) is 6.77. The molecule has 1 aromatic carbocycles. The van der Waals surface area contributed by atoms with E-state index < -0.39 is 0 Å². The molecule has 0 fully saturated rings. The summed E-state index contributed by atoms with van der Waals surface area (Å²) in [6, 6.07) is 8.19. The Hall–Kier alpha value is -0.130. The molecular weight excluding hydrogens is 291 g/mol. The van der Waals surface area contributed by atoms with Crippen molar-refractivity contribution in [2.75, 3.05) is 13.2 Å². The zero-order valence-electron chi connectivity index (χ0n) is 8.50. The summed E-state index contributed by atoms with van der Waals surface area (Å²) in [5.41, 5.74) is 1.08. The third-order valence-electron chi connectivity index (χ3n) is 1.78. The highest BCUT2D eigenvalue weighted by atomic mass is 127. The summed E-state index contributed by atoms with van der Waals surface area (Å²) >= 11 is 2.28. The van der Waals surface area contributed by atoms with E-state index in [1.54, 1.807) is 0 Å². The fourth-order valence-corrected chi connectivity index (χ4v) is 1.52. The van der Waals surface area contributed by atoms with Gasteiger partial charge in [0.1, 0.15) is 0 Å². The Balaban J connectivity index is 2.71. The first kappa shape index (κ1) is 11.9. The molecular formula is C11H15IO2. The number of hydrogen-bond acceptors (Lipinski definition) is 2. The van der Waals surface area contributed by atoms with Crippen molar-refractivity contribution in [2.24, 2.45) is 0 Å². The second-order valence-electron chi connectivity index (χ2n) is 2.79. The predicted molar refractivity (Wildman–Crippen MR) is 65.2 cm³/mol. The number of rotatable bonds is 5. The van der Waals surface area contributed by atoms with E-state index in [1.807, 2.05) is 26.0 Å². The van der Waals surface area contributed by atoms with Gasteiger partial charge in [0.05, 0.1) is 0 Å². The van der Waals surface area contributed by atoms with Crippen LogP contribution in [-0.4, -0.2) is 13.2 Å². The number of halogens is 1. The zero-order chi connectivity index (χ0) is 10.4. The molecule has 0 radical (unpaired) electrons. The lowest BCUT2D eigenvalue weighted by Crippen LogP contribution is -2.08. The predicted octanol–water partition coefficient (Wildman–Crippen LogP) is 3.36. The molecule has 0 aromatic heterocycles. The molecule has 3 heteroatoms. The lowest BCUT2D eigenvalue weighted by atomic mass is 10.2. The quantitative estimate of drug-likeness (QED) is 0.613. The van der Waals surface area contributed by atoms with Gasteiger partial charge in [0.15, 0.2) is 6.29 Å². The van der Waals surface area contributed by atoms with Gasteiger partial charge >= 0.3 is 0 Å². The van der Waals surface area contributed by atoms with Gasteiger partial charge < -0.3 is 9.47 Å². The molecule has 2 nitrogen and oxygen atoms in total. The number of hydrogen-bond donors (Lipinski definition) is 0. The van der Waals surface area contributed by atoms with Crippen LogP contribution in [0.2, 0.25) is 0 Å². The second kappa shape index (κ2) is 6.37. The minimum absolute atomic E-state index is 0.220. The molecule has 0 unspecified atom stereocenters. The van der Waals surface area contributed by atoms with Gasteiger partial charge in [-0.05, 0) is 48.6 Å². The Morgan fingerprint density at radius 2 is 1.57 bits per heavy atom. The van der Waals surface area contributed by atoms with Crippen LogP contribution in [0.1, 0.15) is 25.7 Å². The minimum atomic E-state index is -0.220. The SMILES string of the molecule is CCOC(OCC)c1ccc(I)cc1. The lowest BCUT2D eigenvalue weighted by Gasteiger charge is -2.17. The van der Waals surface area contributed by atoms with E-state index >= 15 is 0 Å². The molecule has 0 aliphatic heterocycles. The second-order valence-corrected chi connectivity index (χ2v) is 4.04. The summed E-state index contributed by atoms with van der Waals surface area (Å²) in [5, 5.41) is 0. The van der Waals surface area contributed by atoms with E-state index in [0.717, 1.165) is 5.56 Å². The molecule has 0 spiro atoms. The molecule has 0 aliphatic rings. The molecule has 0 aliphatic carbocycles. The molecule has 1 aromatic rings. The van der Waals surface area contributed by atoms with Crippen LogP contribution in [0.3, 0.4) is 0 Å². The molecule has 0 heterocycles. The van der Waals surface area contributed by atoms with E-state index in [2.05, 4.69) is 34.7 Å². The third-order valence-corrected chi connectivity index (χ3v) is 2.50. The highest BCUT2D eigenvalue weighted by molar-refractivity contribution is 14.1. The standard InChI is InChI=1S/C11H15IO2/c1-3-13-11(14-4-2)9-5-7-10(12)8-6-9/h5-8,11H,3-4H2,1-2H3. The van der Waals surface area contributed by atoms with Crippen LogP contribution in [0.15, 0.2) is 24.3 Å². The van der Waals surface area contributed by atoms with Crippen molar-refractivity contribution in [3.63, 3.8) is 0 Å². The van der Waals surface area contributed by atoms with Crippen LogP contribution < -0.4 is 0 Å². The lowest BCUT2D eigenvalue weighted by molar-refractivity contribution is -0.140. The smallest absolute Gasteiger partial charge is 0.183 e. The van der Waals surface area contributed by atoms with Crippen molar-refractivity contribution < 1.29 is 9.47 Å². The normalized spacial score (nSPS) is 10.9. The first-order valence-corrected chi connectivity index (χ1v) is 5.84. The maximum absolute atomic E-state index is 5.48. The van der Waals surface area contributed by atoms with E-state index in [1.165, 1.54) is 3.57 Å². The van der Waals surface area contributed by atoms with Crippen LogP contribution in [0, 0.1) is 3.57 Å². The Labute approximate surface area is 98.7 Å². The van der Waals surface area contributed by atoms with Gasteiger partial charge in [0, 0.05) is 22.3 Å². The van der Waals surface area contributed by atoms with Crippen molar-refractivity contribution in [1.29, 1.82) is 0 Å². The molecule has 0 saturated heterocycles. The Bertz CT molecular complexity index is 252. The van der Waals surface area contributed by atoms with Crippen molar-refractivity contribution in [2.45, 2.75) is 20.1 Å². The summed E-state index contributed by atoms with van der Waals surface area (Å²) in [6.07, 6.45) is -0.220. The molecule has 0 amide bonds.